The third-order valence-corrected chi connectivity index (χ3v) is 5.41. The van der Waals surface area contributed by atoms with Crippen molar-refractivity contribution >= 4 is 11.8 Å². The lowest BCUT2D eigenvalue weighted by molar-refractivity contribution is -0.131. The summed E-state index contributed by atoms with van der Waals surface area (Å²) in [6, 6.07) is 3.97. The number of nitrogens with one attached hydrogen (secondary N) is 2. The van der Waals surface area contributed by atoms with E-state index in [4.69, 9.17) is 5.11 Å². The predicted octanol–water partition coefficient (Wildman–Crippen LogP) is 7.02. The second kappa shape index (κ2) is 15.2. The van der Waals surface area contributed by atoms with Gasteiger partial charge in [-0.05, 0) is 36.8 Å². The van der Waals surface area contributed by atoms with Crippen LogP contribution in [0.5, 0.6) is 0 Å². The van der Waals surface area contributed by atoms with Crippen LogP contribution in [0.2, 0.25) is 0 Å². The number of unbranched alkanes of at least 4 members (excludes halogenated alkanes) is 5. The Labute approximate surface area is 172 Å². The minimum absolute atomic E-state index is 0.0425. The Morgan fingerprint density at radius 3 is 2.43 bits per heavy atom. The van der Waals surface area contributed by atoms with E-state index in [9.17, 15) is 4.79 Å². The molecule has 0 aliphatic heterocycles. The van der Waals surface area contributed by atoms with E-state index >= 15 is 0 Å². The number of hydrogen-bond acceptors (Lipinski definition) is 2. The summed E-state index contributed by atoms with van der Waals surface area (Å²) in [6.45, 7) is 6.86. The van der Waals surface area contributed by atoms with Crippen molar-refractivity contribution < 1.29 is 9.90 Å². The fraction of sp³-hybridized carbons (Fsp3) is 0.708. The molecule has 0 fully saturated rings. The maximum Gasteiger partial charge on any atom is 0.328 e. The third kappa shape index (κ3) is 12.6. The molecular formula is C24H42N2O2. The first-order chi connectivity index (χ1) is 13.5. The molecule has 0 spiro atoms. The van der Waals surface area contributed by atoms with Gasteiger partial charge in [0.05, 0.1) is 0 Å². The quantitative estimate of drug-likeness (QED) is 0.198. The van der Waals surface area contributed by atoms with Crippen molar-refractivity contribution in [3.8, 4) is 0 Å². The van der Waals surface area contributed by atoms with Gasteiger partial charge in [-0.2, -0.15) is 0 Å². The molecule has 0 aromatic carbocycles. The maximum absolute atomic E-state index is 10.9. The van der Waals surface area contributed by atoms with E-state index in [1.807, 2.05) is 18.3 Å². The molecule has 0 unspecified atom stereocenters. The number of aliphatic carboxylic acids is 1. The Kier molecular flexibility index (Phi) is 13.2. The summed E-state index contributed by atoms with van der Waals surface area (Å²) in [6.07, 6.45) is 19.0. The zero-order valence-corrected chi connectivity index (χ0v) is 18.3. The number of aromatic nitrogens is 1. The lowest BCUT2D eigenvalue weighted by atomic mass is 9.88. The smallest absolute Gasteiger partial charge is 0.328 e. The van der Waals surface area contributed by atoms with Gasteiger partial charge in [0, 0.05) is 18.3 Å². The number of rotatable bonds is 17. The van der Waals surface area contributed by atoms with Crippen molar-refractivity contribution in [1.82, 2.24) is 4.98 Å². The predicted molar refractivity (Wildman–Crippen MR) is 120 cm³/mol. The number of carboxylic acid groups (broad SMARTS) is 1. The van der Waals surface area contributed by atoms with Gasteiger partial charge in [0.25, 0.3) is 0 Å². The van der Waals surface area contributed by atoms with Crippen molar-refractivity contribution in [2.24, 2.45) is 11.8 Å². The lowest BCUT2D eigenvalue weighted by Crippen LogP contribution is -2.19. The van der Waals surface area contributed by atoms with E-state index < -0.39 is 5.97 Å². The average Bonchev–Trinajstić information content (AvgIpc) is 3.16. The summed E-state index contributed by atoms with van der Waals surface area (Å²) in [5.41, 5.74) is 0. The highest BCUT2D eigenvalue weighted by Crippen LogP contribution is 2.25. The number of hydrogen-bond donors (Lipinski definition) is 3. The summed E-state index contributed by atoms with van der Waals surface area (Å²) in [4.78, 5) is 14.1. The molecule has 0 bridgehead atoms. The standard InChI is InChI=1S/C24H42N2O2/c1-4-5-6-7-8-9-11-21(14-13-20(2)3)15-16-22(17-18-24(27)28)26-23-12-10-19-25-23/h10,12,17-22,25-26H,4-9,11,13-16H2,1-3H3,(H,27,28)/b18-17+/t21-,22-/m1/s1. The van der Waals surface area contributed by atoms with E-state index in [-0.39, 0.29) is 6.04 Å². The Bertz CT molecular complexity index is 523. The topological polar surface area (TPSA) is 65.1 Å². The molecule has 1 aromatic heterocycles. The molecule has 0 saturated carbocycles. The molecular weight excluding hydrogens is 348 g/mol. The van der Waals surface area contributed by atoms with Crippen molar-refractivity contribution in [3.05, 3.63) is 30.5 Å². The third-order valence-electron chi connectivity index (χ3n) is 5.41. The first kappa shape index (κ1) is 24.3. The number of H-pyrrole nitrogens is 1. The van der Waals surface area contributed by atoms with Crippen LogP contribution in [0.25, 0.3) is 0 Å². The van der Waals surface area contributed by atoms with Crippen LogP contribution < -0.4 is 5.32 Å². The second-order valence-electron chi connectivity index (χ2n) is 8.50. The molecule has 1 heterocycles. The van der Waals surface area contributed by atoms with Gasteiger partial charge in [0.1, 0.15) is 5.82 Å². The average molecular weight is 391 g/mol. The molecule has 4 nitrogen and oxygen atoms in total. The first-order valence-electron chi connectivity index (χ1n) is 11.3. The van der Waals surface area contributed by atoms with E-state index in [2.05, 4.69) is 31.1 Å². The largest absolute Gasteiger partial charge is 0.478 e. The first-order valence-corrected chi connectivity index (χ1v) is 11.3. The number of carboxylic acids is 1. The van der Waals surface area contributed by atoms with Crippen molar-refractivity contribution in [1.29, 1.82) is 0 Å². The molecule has 0 saturated heterocycles. The van der Waals surface area contributed by atoms with Gasteiger partial charge in [-0.1, -0.05) is 84.6 Å². The van der Waals surface area contributed by atoms with Crippen LogP contribution in [-0.4, -0.2) is 22.1 Å². The summed E-state index contributed by atoms with van der Waals surface area (Å²) in [5, 5.41) is 12.4. The Balaban J connectivity index is 2.52. The van der Waals surface area contributed by atoms with Crippen LogP contribution in [0.4, 0.5) is 5.82 Å². The van der Waals surface area contributed by atoms with Crippen molar-refractivity contribution in [2.45, 2.75) is 97.4 Å². The molecule has 0 aliphatic rings. The highest BCUT2D eigenvalue weighted by molar-refractivity contribution is 5.79. The van der Waals surface area contributed by atoms with E-state index in [0.29, 0.717) is 0 Å². The van der Waals surface area contributed by atoms with Crippen LogP contribution >= 0.6 is 0 Å². The number of anilines is 1. The van der Waals surface area contributed by atoms with Gasteiger partial charge >= 0.3 is 5.97 Å². The van der Waals surface area contributed by atoms with Crippen LogP contribution in [-0.2, 0) is 4.79 Å². The fourth-order valence-electron chi connectivity index (χ4n) is 3.67. The highest BCUT2D eigenvalue weighted by Gasteiger charge is 2.14. The molecule has 0 radical (unpaired) electrons. The summed E-state index contributed by atoms with van der Waals surface area (Å²) >= 11 is 0. The van der Waals surface area contributed by atoms with Gasteiger partial charge in [0.2, 0.25) is 0 Å². The highest BCUT2D eigenvalue weighted by atomic mass is 16.4. The van der Waals surface area contributed by atoms with Gasteiger partial charge < -0.3 is 15.4 Å². The molecule has 3 N–H and O–H groups in total. The van der Waals surface area contributed by atoms with Gasteiger partial charge in [-0.15, -0.1) is 0 Å². The molecule has 160 valence electrons. The minimum atomic E-state index is -0.887. The summed E-state index contributed by atoms with van der Waals surface area (Å²) in [5.74, 6) is 1.53. The molecule has 2 atom stereocenters. The molecule has 0 aliphatic carbocycles. The second-order valence-corrected chi connectivity index (χ2v) is 8.50. The van der Waals surface area contributed by atoms with E-state index in [0.717, 1.165) is 30.5 Å². The number of carbonyl (C=O) groups is 1. The molecule has 1 rings (SSSR count). The monoisotopic (exact) mass is 390 g/mol. The Morgan fingerprint density at radius 1 is 1.07 bits per heavy atom. The molecule has 4 heteroatoms. The van der Waals surface area contributed by atoms with Crippen LogP contribution in [0, 0.1) is 11.8 Å². The maximum atomic E-state index is 10.9. The fourth-order valence-corrected chi connectivity index (χ4v) is 3.67. The molecule has 0 amide bonds. The van der Waals surface area contributed by atoms with Crippen molar-refractivity contribution in [2.75, 3.05) is 5.32 Å². The van der Waals surface area contributed by atoms with E-state index in [1.54, 1.807) is 6.08 Å². The zero-order chi connectivity index (χ0) is 20.6. The molecule has 1 aromatic rings. The summed E-state index contributed by atoms with van der Waals surface area (Å²) < 4.78 is 0. The Morgan fingerprint density at radius 2 is 1.79 bits per heavy atom. The Hall–Kier alpha value is -1.71. The molecule has 28 heavy (non-hydrogen) atoms. The van der Waals surface area contributed by atoms with Gasteiger partial charge in [-0.3, -0.25) is 0 Å². The van der Waals surface area contributed by atoms with Crippen LogP contribution in [0.15, 0.2) is 30.5 Å². The van der Waals surface area contributed by atoms with Gasteiger partial charge in [-0.25, -0.2) is 4.79 Å². The number of aromatic amines is 1. The lowest BCUT2D eigenvalue weighted by Gasteiger charge is -2.21. The zero-order valence-electron chi connectivity index (χ0n) is 18.3. The summed E-state index contributed by atoms with van der Waals surface area (Å²) in [7, 11) is 0. The normalized spacial score (nSPS) is 13.9. The van der Waals surface area contributed by atoms with E-state index in [1.165, 1.54) is 63.9 Å². The minimum Gasteiger partial charge on any atom is -0.478 e. The van der Waals surface area contributed by atoms with Crippen LogP contribution in [0.3, 0.4) is 0 Å². The van der Waals surface area contributed by atoms with Gasteiger partial charge in [0.15, 0.2) is 0 Å². The SMILES string of the molecule is CCCCCCCC[C@H](CCC(C)C)CC[C@H](/C=C/C(=O)O)Nc1ccc[nH]1. The van der Waals surface area contributed by atoms with Crippen LogP contribution in [0.1, 0.15) is 91.4 Å². The van der Waals surface area contributed by atoms with Crippen molar-refractivity contribution in [3.63, 3.8) is 0 Å².